The van der Waals surface area contributed by atoms with E-state index >= 15 is 0 Å². The summed E-state index contributed by atoms with van der Waals surface area (Å²) in [7, 11) is -1.35. The lowest BCUT2D eigenvalue weighted by Gasteiger charge is -2.14. The van der Waals surface area contributed by atoms with Crippen LogP contribution in [0.4, 0.5) is 0 Å². The predicted molar refractivity (Wildman–Crippen MR) is 140 cm³/mol. The average Bonchev–Trinajstić information content (AvgIpc) is 2.82. The van der Waals surface area contributed by atoms with Gasteiger partial charge in [0.05, 0.1) is 10.8 Å². The zero-order valence-corrected chi connectivity index (χ0v) is 21.0. The molecule has 4 aromatic carbocycles. The van der Waals surface area contributed by atoms with Gasteiger partial charge in [0, 0.05) is 41.1 Å². The summed E-state index contributed by atoms with van der Waals surface area (Å²) in [6.45, 7) is 0. The van der Waals surface area contributed by atoms with Crippen molar-refractivity contribution in [3.8, 4) is 0 Å². The molecule has 4 aromatic rings. The summed E-state index contributed by atoms with van der Waals surface area (Å²) in [5.41, 5.74) is 1.95. The van der Waals surface area contributed by atoms with Crippen LogP contribution in [-0.2, 0) is 22.3 Å². The Kier molecular flexibility index (Phi) is 8.39. The Morgan fingerprint density at radius 1 is 0.594 bits per heavy atom. The van der Waals surface area contributed by atoms with Crippen molar-refractivity contribution in [1.29, 1.82) is 0 Å². The molecular formula is C26H20Cl2OS3. The lowest BCUT2D eigenvalue weighted by atomic mass is 10.2. The maximum absolute atomic E-state index is 13.7. The molecule has 0 fully saturated rings. The Morgan fingerprint density at radius 3 is 1.41 bits per heavy atom. The second-order valence-electron chi connectivity index (χ2n) is 6.98. The maximum atomic E-state index is 13.7. The van der Waals surface area contributed by atoms with E-state index in [4.69, 9.17) is 23.2 Å². The first-order chi connectivity index (χ1) is 15.6. The largest absolute Gasteiger partial charge is 0.249 e. The summed E-state index contributed by atoms with van der Waals surface area (Å²) in [6.07, 6.45) is 0. The van der Waals surface area contributed by atoms with Crippen LogP contribution in [0.3, 0.4) is 0 Å². The lowest BCUT2D eigenvalue weighted by Crippen LogP contribution is -2.01. The topological polar surface area (TPSA) is 17.1 Å². The molecule has 162 valence electrons. The zero-order valence-electron chi connectivity index (χ0n) is 17.0. The highest BCUT2D eigenvalue weighted by Crippen LogP contribution is 2.33. The number of benzene rings is 4. The normalized spacial score (nSPS) is 11.1. The summed E-state index contributed by atoms with van der Waals surface area (Å²) in [5, 5.41) is 1.29. The van der Waals surface area contributed by atoms with E-state index in [0.717, 1.165) is 30.7 Å². The minimum Gasteiger partial charge on any atom is -0.249 e. The fourth-order valence-electron chi connectivity index (χ4n) is 3.16. The molecule has 0 N–H and O–H groups in total. The van der Waals surface area contributed by atoms with Gasteiger partial charge in [0.25, 0.3) is 0 Å². The number of rotatable bonds is 8. The second kappa shape index (κ2) is 11.4. The minimum atomic E-state index is -1.35. The van der Waals surface area contributed by atoms with Gasteiger partial charge in [-0.1, -0.05) is 59.6 Å². The molecule has 32 heavy (non-hydrogen) atoms. The molecule has 0 amide bonds. The first kappa shape index (κ1) is 23.5. The van der Waals surface area contributed by atoms with Gasteiger partial charge in [-0.3, -0.25) is 0 Å². The molecule has 0 unspecified atom stereocenters. The molecule has 0 aliphatic rings. The SMILES string of the molecule is O=S(c1ccc(Cl)cc1CSc1ccccc1)c1ccc(Cl)cc1CSc1ccccc1. The number of thioether (sulfide) groups is 2. The van der Waals surface area contributed by atoms with E-state index in [1.54, 1.807) is 35.7 Å². The molecule has 4 rings (SSSR count). The molecule has 0 spiro atoms. The molecule has 0 bridgehead atoms. The Labute approximate surface area is 210 Å². The molecule has 0 saturated heterocycles. The van der Waals surface area contributed by atoms with Gasteiger partial charge in [0.15, 0.2) is 0 Å². The Balaban J connectivity index is 1.61. The Hall–Kier alpha value is -1.69. The van der Waals surface area contributed by atoms with Gasteiger partial charge in [-0.25, -0.2) is 4.21 Å². The number of halogens is 2. The van der Waals surface area contributed by atoms with Gasteiger partial charge in [0.2, 0.25) is 0 Å². The molecule has 0 aliphatic heterocycles. The van der Waals surface area contributed by atoms with Crippen LogP contribution in [-0.4, -0.2) is 4.21 Å². The lowest BCUT2D eigenvalue weighted by molar-refractivity contribution is 0.682. The van der Waals surface area contributed by atoms with Crippen LogP contribution < -0.4 is 0 Å². The molecular weight excluding hydrogens is 495 g/mol. The average molecular weight is 516 g/mol. The van der Waals surface area contributed by atoms with E-state index in [0.29, 0.717) is 21.6 Å². The van der Waals surface area contributed by atoms with Crippen LogP contribution in [0.1, 0.15) is 11.1 Å². The van der Waals surface area contributed by atoms with Crippen molar-refractivity contribution in [3.63, 3.8) is 0 Å². The van der Waals surface area contributed by atoms with Gasteiger partial charge in [-0.15, -0.1) is 23.5 Å². The Bertz CT molecular complexity index is 1120. The summed E-state index contributed by atoms with van der Waals surface area (Å²) in [6, 6.07) is 31.6. The first-order valence-corrected chi connectivity index (χ1v) is 13.8. The van der Waals surface area contributed by atoms with Crippen LogP contribution in [0.2, 0.25) is 10.0 Å². The molecule has 0 radical (unpaired) electrons. The van der Waals surface area contributed by atoms with E-state index < -0.39 is 10.8 Å². The van der Waals surface area contributed by atoms with Gasteiger partial charge < -0.3 is 0 Å². The van der Waals surface area contributed by atoms with Crippen LogP contribution in [0.15, 0.2) is 117 Å². The first-order valence-electron chi connectivity index (χ1n) is 9.94. The van der Waals surface area contributed by atoms with Crippen molar-refractivity contribution < 1.29 is 4.21 Å². The highest BCUT2D eigenvalue weighted by molar-refractivity contribution is 7.98. The van der Waals surface area contributed by atoms with Crippen LogP contribution in [0.25, 0.3) is 0 Å². The van der Waals surface area contributed by atoms with Crippen molar-refractivity contribution in [3.05, 3.63) is 118 Å². The Morgan fingerprint density at radius 2 is 1.00 bits per heavy atom. The van der Waals surface area contributed by atoms with Gasteiger partial charge in [-0.05, 0) is 71.8 Å². The van der Waals surface area contributed by atoms with E-state index in [1.165, 1.54) is 0 Å². The van der Waals surface area contributed by atoms with Gasteiger partial charge in [-0.2, -0.15) is 0 Å². The smallest absolute Gasteiger partial charge is 0.0855 e. The quantitative estimate of drug-likeness (QED) is 0.218. The third kappa shape index (κ3) is 6.21. The number of hydrogen-bond donors (Lipinski definition) is 0. The molecule has 6 heteroatoms. The van der Waals surface area contributed by atoms with Crippen LogP contribution in [0.5, 0.6) is 0 Å². The van der Waals surface area contributed by atoms with E-state index in [2.05, 4.69) is 24.3 Å². The fourth-order valence-corrected chi connectivity index (χ4v) is 6.91. The van der Waals surface area contributed by atoms with Crippen LogP contribution >= 0.6 is 46.7 Å². The summed E-state index contributed by atoms with van der Waals surface area (Å²) in [5.74, 6) is 1.38. The maximum Gasteiger partial charge on any atom is 0.0855 e. The van der Waals surface area contributed by atoms with E-state index in [9.17, 15) is 4.21 Å². The van der Waals surface area contributed by atoms with Gasteiger partial charge >= 0.3 is 0 Å². The highest BCUT2D eigenvalue weighted by atomic mass is 35.5. The zero-order chi connectivity index (χ0) is 22.3. The van der Waals surface area contributed by atoms with Gasteiger partial charge in [0.1, 0.15) is 0 Å². The molecule has 0 aromatic heterocycles. The molecule has 0 heterocycles. The minimum absolute atomic E-state index is 0.644. The third-order valence-electron chi connectivity index (χ3n) is 4.72. The second-order valence-corrected chi connectivity index (χ2v) is 11.4. The summed E-state index contributed by atoms with van der Waals surface area (Å²) < 4.78 is 13.7. The van der Waals surface area contributed by atoms with Crippen molar-refractivity contribution in [1.82, 2.24) is 0 Å². The standard InChI is InChI=1S/C26H20Cl2OS3/c27-21-11-13-25(19(15-21)17-30-23-7-3-1-4-8-23)32(29)26-14-12-22(28)16-20(26)18-31-24-9-5-2-6-10-24/h1-16H,17-18H2. The van der Waals surface area contributed by atoms with Crippen molar-refractivity contribution in [2.45, 2.75) is 31.1 Å². The van der Waals surface area contributed by atoms with Crippen LogP contribution in [0, 0.1) is 0 Å². The van der Waals surface area contributed by atoms with Crippen molar-refractivity contribution >= 4 is 57.5 Å². The number of hydrogen-bond acceptors (Lipinski definition) is 3. The molecule has 0 atom stereocenters. The molecule has 0 saturated carbocycles. The monoisotopic (exact) mass is 514 g/mol. The molecule has 1 nitrogen and oxygen atoms in total. The molecule has 0 aliphatic carbocycles. The van der Waals surface area contributed by atoms with Crippen molar-refractivity contribution in [2.24, 2.45) is 0 Å². The highest BCUT2D eigenvalue weighted by Gasteiger charge is 2.17. The summed E-state index contributed by atoms with van der Waals surface area (Å²) >= 11 is 16.0. The fraction of sp³-hybridized carbons (Fsp3) is 0.0769. The van der Waals surface area contributed by atoms with E-state index in [1.807, 2.05) is 60.7 Å². The van der Waals surface area contributed by atoms with E-state index in [-0.39, 0.29) is 0 Å². The van der Waals surface area contributed by atoms with Crippen molar-refractivity contribution in [2.75, 3.05) is 0 Å². The summed E-state index contributed by atoms with van der Waals surface area (Å²) in [4.78, 5) is 3.89. The predicted octanol–water partition coefficient (Wildman–Crippen LogP) is 8.74. The third-order valence-corrected chi connectivity index (χ3v) is 8.91.